The summed E-state index contributed by atoms with van der Waals surface area (Å²) in [5.74, 6) is -0.529. The fourth-order valence-electron chi connectivity index (χ4n) is 1.60. The number of rotatable bonds is 5. The predicted molar refractivity (Wildman–Crippen MR) is 61.7 cm³/mol. The monoisotopic (exact) mass is 253 g/mol. The van der Waals surface area contributed by atoms with Crippen LogP contribution in [0.4, 0.5) is 8.78 Å². The van der Waals surface area contributed by atoms with Gasteiger partial charge in [0.25, 0.3) is 0 Å². The minimum atomic E-state index is -0.809. The Bertz CT molecular complexity index is 500. The maximum absolute atomic E-state index is 13.3. The number of furan rings is 1. The van der Waals surface area contributed by atoms with Crippen LogP contribution in [0.25, 0.3) is 0 Å². The second kappa shape index (κ2) is 5.75. The van der Waals surface area contributed by atoms with Crippen molar-refractivity contribution in [2.24, 2.45) is 0 Å². The predicted octanol–water partition coefficient (Wildman–Crippen LogP) is 2.38. The van der Waals surface area contributed by atoms with Gasteiger partial charge in [-0.3, -0.25) is 0 Å². The van der Waals surface area contributed by atoms with Crippen LogP contribution in [0.5, 0.6) is 0 Å². The minimum Gasteiger partial charge on any atom is -0.467 e. The molecule has 1 unspecified atom stereocenters. The Morgan fingerprint density at radius 1 is 1.28 bits per heavy atom. The summed E-state index contributed by atoms with van der Waals surface area (Å²) in [5, 5.41) is 12.5. The lowest BCUT2D eigenvalue weighted by atomic mass is 10.2. The first-order valence-electron chi connectivity index (χ1n) is 5.53. The molecule has 0 aliphatic carbocycles. The largest absolute Gasteiger partial charge is 0.467 e. The summed E-state index contributed by atoms with van der Waals surface area (Å²) >= 11 is 0. The highest BCUT2D eigenvalue weighted by atomic mass is 19.1. The lowest BCUT2D eigenvalue weighted by molar-refractivity contribution is 0.147. The zero-order valence-corrected chi connectivity index (χ0v) is 9.57. The van der Waals surface area contributed by atoms with Crippen molar-refractivity contribution in [1.82, 2.24) is 5.32 Å². The van der Waals surface area contributed by atoms with Crippen molar-refractivity contribution < 1.29 is 18.3 Å². The number of hydrogen-bond acceptors (Lipinski definition) is 3. The molecule has 2 N–H and O–H groups in total. The van der Waals surface area contributed by atoms with E-state index in [1.807, 2.05) is 0 Å². The fraction of sp³-hybridized carbons (Fsp3) is 0.231. The summed E-state index contributed by atoms with van der Waals surface area (Å²) < 4.78 is 31.2. The molecule has 2 aromatic rings. The van der Waals surface area contributed by atoms with Crippen molar-refractivity contribution in [1.29, 1.82) is 0 Å². The van der Waals surface area contributed by atoms with Crippen LogP contribution in [0.15, 0.2) is 41.0 Å². The topological polar surface area (TPSA) is 45.4 Å². The summed E-state index contributed by atoms with van der Waals surface area (Å²) in [5.41, 5.74) is 0.224. The Kier molecular flexibility index (Phi) is 4.07. The quantitative estimate of drug-likeness (QED) is 0.860. The van der Waals surface area contributed by atoms with Crippen LogP contribution in [-0.4, -0.2) is 11.7 Å². The third-order valence-electron chi connectivity index (χ3n) is 2.53. The van der Waals surface area contributed by atoms with Gasteiger partial charge in [0.2, 0.25) is 0 Å². The fourth-order valence-corrected chi connectivity index (χ4v) is 1.60. The van der Waals surface area contributed by atoms with Crippen LogP contribution in [0.1, 0.15) is 17.4 Å². The number of benzene rings is 1. The molecular formula is C13H13F2NO2. The van der Waals surface area contributed by atoms with Crippen LogP contribution < -0.4 is 5.32 Å². The molecule has 18 heavy (non-hydrogen) atoms. The average molecular weight is 253 g/mol. The van der Waals surface area contributed by atoms with E-state index in [2.05, 4.69) is 5.32 Å². The molecule has 1 heterocycles. The molecule has 5 heteroatoms. The first kappa shape index (κ1) is 12.7. The number of aliphatic hydroxyl groups is 1. The Labute approximate surface area is 103 Å². The minimum absolute atomic E-state index is 0.140. The molecule has 1 aromatic heterocycles. The lowest BCUT2D eigenvalue weighted by Crippen LogP contribution is -2.21. The number of halogens is 2. The van der Waals surface area contributed by atoms with Gasteiger partial charge in [-0.05, 0) is 30.3 Å². The van der Waals surface area contributed by atoms with Crippen LogP contribution >= 0.6 is 0 Å². The summed E-state index contributed by atoms with van der Waals surface area (Å²) in [7, 11) is 0. The molecule has 1 aromatic carbocycles. The number of aliphatic hydroxyl groups excluding tert-OH is 1. The highest BCUT2D eigenvalue weighted by molar-refractivity contribution is 5.18. The first-order valence-corrected chi connectivity index (χ1v) is 5.53. The zero-order valence-electron chi connectivity index (χ0n) is 9.57. The highest BCUT2D eigenvalue weighted by Crippen LogP contribution is 2.13. The van der Waals surface area contributed by atoms with E-state index in [-0.39, 0.29) is 18.7 Å². The molecule has 0 amide bonds. The molecule has 96 valence electrons. The van der Waals surface area contributed by atoms with E-state index in [1.165, 1.54) is 6.26 Å². The normalized spacial score (nSPS) is 12.6. The highest BCUT2D eigenvalue weighted by Gasteiger charge is 2.10. The zero-order chi connectivity index (χ0) is 13.0. The summed E-state index contributed by atoms with van der Waals surface area (Å²) in [4.78, 5) is 0. The van der Waals surface area contributed by atoms with Gasteiger partial charge in [0.05, 0.1) is 6.26 Å². The lowest BCUT2D eigenvalue weighted by Gasteiger charge is -2.10. The maximum atomic E-state index is 13.3. The Morgan fingerprint density at radius 3 is 2.83 bits per heavy atom. The van der Waals surface area contributed by atoms with Gasteiger partial charge < -0.3 is 14.8 Å². The second-order valence-corrected chi connectivity index (χ2v) is 3.90. The molecule has 0 aliphatic rings. The van der Waals surface area contributed by atoms with Crippen LogP contribution in [-0.2, 0) is 6.54 Å². The van der Waals surface area contributed by atoms with Crippen molar-refractivity contribution in [2.75, 3.05) is 6.54 Å². The standard InChI is InChI=1S/C13H13F2NO2/c14-10-3-4-11(15)9(6-10)7-16-8-12(17)13-2-1-5-18-13/h1-6,12,16-17H,7-8H2. The van der Waals surface area contributed by atoms with Crippen molar-refractivity contribution >= 4 is 0 Å². The van der Waals surface area contributed by atoms with E-state index in [0.717, 1.165) is 18.2 Å². The molecule has 0 radical (unpaired) electrons. The molecule has 0 bridgehead atoms. The summed E-state index contributed by atoms with van der Waals surface area (Å²) in [6, 6.07) is 6.59. The van der Waals surface area contributed by atoms with Gasteiger partial charge in [0.1, 0.15) is 23.5 Å². The van der Waals surface area contributed by atoms with Gasteiger partial charge in [0.15, 0.2) is 0 Å². The van der Waals surface area contributed by atoms with Gasteiger partial charge in [-0.25, -0.2) is 8.78 Å². The van der Waals surface area contributed by atoms with Crippen LogP contribution in [0.3, 0.4) is 0 Å². The van der Waals surface area contributed by atoms with Gasteiger partial charge >= 0.3 is 0 Å². The van der Waals surface area contributed by atoms with Crippen LogP contribution in [0.2, 0.25) is 0 Å². The first-order chi connectivity index (χ1) is 8.66. The molecule has 0 fully saturated rings. The third-order valence-corrected chi connectivity index (χ3v) is 2.53. The SMILES string of the molecule is OC(CNCc1cc(F)ccc1F)c1ccco1. The van der Waals surface area contributed by atoms with E-state index in [0.29, 0.717) is 5.76 Å². The van der Waals surface area contributed by atoms with Crippen molar-refractivity contribution in [3.05, 3.63) is 59.6 Å². The molecule has 0 saturated heterocycles. The smallest absolute Gasteiger partial charge is 0.133 e. The summed E-state index contributed by atoms with van der Waals surface area (Å²) in [6.45, 7) is 0.338. The number of hydrogen-bond donors (Lipinski definition) is 2. The Morgan fingerprint density at radius 2 is 2.11 bits per heavy atom. The van der Waals surface area contributed by atoms with Crippen molar-refractivity contribution in [3.63, 3.8) is 0 Å². The van der Waals surface area contributed by atoms with Crippen LogP contribution in [0, 0.1) is 11.6 Å². The summed E-state index contributed by atoms with van der Waals surface area (Å²) in [6.07, 6.45) is 0.654. The van der Waals surface area contributed by atoms with Gasteiger partial charge in [-0.15, -0.1) is 0 Å². The molecule has 0 spiro atoms. The number of nitrogens with one attached hydrogen (secondary N) is 1. The molecule has 0 aliphatic heterocycles. The van der Waals surface area contributed by atoms with E-state index in [9.17, 15) is 13.9 Å². The van der Waals surface area contributed by atoms with E-state index >= 15 is 0 Å². The van der Waals surface area contributed by atoms with Crippen molar-refractivity contribution in [2.45, 2.75) is 12.6 Å². The van der Waals surface area contributed by atoms with Crippen molar-refractivity contribution in [3.8, 4) is 0 Å². The van der Waals surface area contributed by atoms with Gasteiger partial charge in [-0.1, -0.05) is 0 Å². The molecule has 2 rings (SSSR count). The van der Waals surface area contributed by atoms with Gasteiger partial charge in [-0.2, -0.15) is 0 Å². The molecule has 0 saturated carbocycles. The van der Waals surface area contributed by atoms with E-state index in [4.69, 9.17) is 4.42 Å². The van der Waals surface area contributed by atoms with E-state index in [1.54, 1.807) is 12.1 Å². The second-order valence-electron chi connectivity index (χ2n) is 3.90. The third kappa shape index (κ3) is 3.15. The Balaban J connectivity index is 1.87. The van der Waals surface area contributed by atoms with Gasteiger partial charge in [0, 0.05) is 18.7 Å². The maximum Gasteiger partial charge on any atom is 0.133 e. The molecular weight excluding hydrogens is 240 g/mol. The van der Waals surface area contributed by atoms with E-state index < -0.39 is 17.7 Å². The average Bonchev–Trinajstić information content (AvgIpc) is 2.87. The molecule has 3 nitrogen and oxygen atoms in total. The molecule has 1 atom stereocenters. The Hall–Kier alpha value is -1.72.